The predicted octanol–water partition coefficient (Wildman–Crippen LogP) is 7.11. The fourth-order valence-corrected chi connectivity index (χ4v) is 7.12. The number of carbonyl (C=O) groups excluding carboxylic acids is 1. The number of sulfonamides is 1. The number of aliphatic imine (C=N–C) groups is 1. The lowest BCUT2D eigenvalue weighted by molar-refractivity contribution is 0.136. The molecule has 0 spiro atoms. The molecule has 0 N–H and O–H groups in total. The summed E-state index contributed by atoms with van der Waals surface area (Å²) < 4.78 is 32.1. The quantitative estimate of drug-likeness (QED) is 0.280. The molecule has 0 aromatic heterocycles. The number of benzene rings is 3. The lowest BCUT2D eigenvalue weighted by Gasteiger charge is -2.40. The summed E-state index contributed by atoms with van der Waals surface area (Å²) in [6.07, 6.45) is 1.19. The number of piperazine rings is 1. The number of ether oxygens (including phenoxy) is 1. The molecule has 2 amide bonds. The number of rotatable bonds is 6. The van der Waals surface area contributed by atoms with Gasteiger partial charge in [0.25, 0.3) is 0 Å². The zero-order valence-electron chi connectivity index (χ0n) is 26.5. The van der Waals surface area contributed by atoms with E-state index in [2.05, 4.69) is 26.8 Å². The zero-order chi connectivity index (χ0) is 32.7. The van der Waals surface area contributed by atoms with Crippen LogP contribution >= 0.6 is 23.2 Å². The maximum atomic E-state index is 14.8. The van der Waals surface area contributed by atoms with E-state index in [1.165, 1.54) is 10.6 Å². The molecule has 0 aliphatic carbocycles. The second kappa shape index (κ2) is 12.6. The SMILES string of the molecule is CCOc1cc(C(C)(C)C)ccc1C1=N[C@@](C)(c2ccc(Cl)cc2)[C@@H](c2ccc(Cl)cc2)N1C(=O)N1CCN(S(C)(=O)=O)CC1. The second-order valence-corrected chi connectivity index (χ2v) is 15.6. The van der Waals surface area contributed by atoms with Crippen molar-refractivity contribution in [2.75, 3.05) is 39.0 Å². The molecule has 0 bridgehead atoms. The molecule has 2 aliphatic heterocycles. The van der Waals surface area contributed by atoms with Crippen LogP contribution in [0.2, 0.25) is 10.0 Å². The van der Waals surface area contributed by atoms with Crippen molar-refractivity contribution >= 4 is 45.1 Å². The van der Waals surface area contributed by atoms with Gasteiger partial charge in [-0.1, -0.05) is 74.3 Å². The molecule has 5 rings (SSSR count). The van der Waals surface area contributed by atoms with Crippen LogP contribution in [0.3, 0.4) is 0 Å². The Kier molecular flexibility index (Phi) is 9.30. The van der Waals surface area contributed by atoms with Crippen LogP contribution in [0.5, 0.6) is 5.75 Å². The van der Waals surface area contributed by atoms with Gasteiger partial charge >= 0.3 is 6.03 Å². The highest BCUT2D eigenvalue weighted by atomic mass is 35.5. The van der Waals surface area contributed by atoms with Crippen molar-refractivity contribution in [3.63, 3.8) is 0 Å². The minimum atomic E-state index is -3.37. The first kappa shape index (κ1) is 33.3. The third-order valence-electron chi connectivity index (χ3n) is 8.54. The third-order valence-corrected chi connectivity index (χ3v) is 10.4. The van der Waals surface area contributed by atoms with Gasteiger partial charge in [0.15, 0.2) is 0 Å². The van der Waals surface area contributed by atoms with Crippen molar-refractivity contribution in [2.45, 2.75) is 51.6 Å². The highest BCUT2D eigenvalue weighted by Gasteiger charge is 2.52. The number of amidine groups is 1. The monoisotopic (exact) mass is 670 g/mol. The van der Waals surface area contributed by atoms with Crippen molar-refractivity contribution in [3.05, 3.63) is 99.0 Å². The maximum Gasteiger partial charge on any atom is 0.326 e. The number of carbonyl (C=O) groups is 1. The summed E-state index contributed by atoms with van der Waals surface area (Å²) in [5.74, 6) is 1.12. The van der Waals surface area contributed by atoms with Crippen LogP contribution in [0.1, 0.15) is 62.9 Å². The molecule has 3 aromatic carbocycles. The smallest absolute Gasteiger partial charge is 0.326 e. The molecule has 0 radical (unpaired) electrons. The van der Waals surface area contributed by atoms with Crippen molar-refractivity contribution in [2.24, 2.45) is 4.99 Å². The first-order chi connectivity index (χ1) is 21.1. The predicted molar refractivity (Wildman–Crippen MR) is 181 cm³/mol. The molecule has 1 saturated heterocycles. The Morgan fingerprint density at radius 2 is 1.53 bits per heavy atom. The van der Waals surface area contributed by atoms with Gasteiger partial charge in [0.05, 0.1) is 24.5 Å². The van der Waals surface area contributed by atoms with Crippen LogP contribution in [0.25, 0.3) is 0 Å². The zero-order valence-corrected chi connectivity index (χ0v) is 28.9. The topological polar surface area (TPSA) is 82.5 Å². The summed E-state index contributed by atoms with van der Waals surface area (Å²) in [4.78, 5) is 23.6. The molecule has 2 aliphatic rings. The van der Waals surface area contributed by atoms with Crippen molar-refractivity contribution in [1.29, 1.82) is 0 Å². The van der Waals surface area contributed by atoms with E-state index < -0.39 is 21.6 Å². The average molecular weight is 672 g/mol. The first-order valence-corrected chi connectivity index (χ1v) is 17.7. The van der Waals surface area contributed by atoms with Crippen LogP contribution in [0.4, 0.5) is 4.79 Å². The summed E-state index contributed by atoms with van der Waals surface area (Å²) >= 11 is 12.6. The van der Waals surface area contributed by atoms with E-state index in [1.54, 1.807) is 9.80 Å². The van der Waals surface area contributed by atoms with Crippen LogP contribution in [-0.2, 0) is 21.0 Å². The summed E-state index contributed by atoms with van der Waals surface area (Å²) in [5, 5.41) is 1.18. The number of nitrogens with zero attached hydrogens (tertiary/aromatic N) is 4. The average Bonchev–Trinajstić information content (AvgIpc) is 3.30. The molecule has 45 heavy (non-hydrogen) atoms. The summed E-state index contributed by atoms with van der Waals surface area (Å²) in [6, 6.07) is 20.3. The van der Waals surface area contributed by atoms with E-state index in [1.807, 2.05) is 74.5 Å². The van der Waals surface area contributed by atoms with Gasteiger partial charge in [0, 0.05) is 36.2 Å². The summed E-state index contributed by atoms with van der Waals surface area (Å²) in [7, 11) is -3.37. The lowest BCUT2D eigenvalue weighted by atomic mass is 9.81. The van der Waals surface area contributed by atoms with E-state index in [9.17, 15) is 13.2 Å². The van der Waals surface area contributed by atoms with Gasteiger partial charge in [-0.25, -0.2) is 13.2 Å². The first-order valence-electron chi connectivity index (χ1n) is 15.1. The van der Waals surface area contributed by atoms with Crippen molar-refractivity contribution in [1.82, 2.24) is 14.1 Å². The minimum Gasteiger partial charge on any atom is -0.493 e. The largest absolute Gasteiger partial charge is 0.493 e. The molecular formula is C34H40Cl2N4O4S. The summed E-state index contributed by atoms with van der Waals surface area (Å²) in [6.45, 7) is 11.8. The van der Waals surface area contributed by atoms with Gasteiger partial charge in [0.1, 0.15) is 17.1 Å². The van der Waals surface area contributed by atoms with Crippen molar-refractivity contribution in [3.8, 4) is 5.75 Å². The Morgan fingerprint density at radius 1 is 0.956 bits per heavy atom. The highest BCUT2D eigenvalue weighted by molar-refractivity contribution is 7.88. The van der Waals surface area contributed by atoms with Gasteiger partial charge in [-0.2, -0.15) is 4.31 Å². The molecule has 0 saturated carbocycles. The Labute approximate surface area is 276 Å². The molecule has 240 valence electrons. The van der Waals surface area contributed by atoms with E-state index in [0.29, 0.717) is 33.8 Å². The van der Waals surface area contributed by atoms with Gasteiger partial charge < -0.3 is 9.64 Å². The summed E-state index contributed by atoms with van der Waals surface area (Å²) in [5.41, 5.74) is 2.47. The van der Waals surface area contributed by atoms with Crippen molar-refractivity contribution < 1.29 is 17.9 Å². The van der Waals surface area contributed by atoms with Crippen LogP contribution in [-0.4, -0.2) is 73.4 Å². The Morgan fingerprint density at radius 3 is 2.07 bits per heavy atom. The fourth-order valence-electron chi connectivity index (χ4n) is 6.04. The molecule has 8 nitrogen and oxygen atoms in total. The Hall–Kier alpha value is -3.11. The molecule has 2 atom stereocenters. The Bertz CT molecular complexity index is 1700. The second-order valence-electron chi connectivity index (χ2n) is 12.7. The maximum absolute atomic E-state index is 14.8. The standard InChI is InChI=1S/C34H40Cl2N4O4S/c1-7-44-29-22-25(33(2,3)4)12-17-28(29)31-37-34(5,24-10-15-27(36)16-11-24)30(23-8-13-26(35)14-9-23)40(31)32(41)38-18-20-39(21-19-38)45(6,42)43/h8-17,22,30H,7,18-21H2,1-6H3/t30-,34+/m1/s1. The molecule has 0 unspecified atom stereocenters. The number of urea groups is 1. The number of halogens is 2. The molecule has 11 heteroatoms. The van der Waals surface area contributed by atoms with E-state index in [4.69, 9.17) is 32.9 Å². The third kappa shape index (κ3) is 6.73. The van der Waals surface area contributed by atoms with Crippen LogP contribution in [0.15, 0.2) is 71.7 Å². The van der Waals surface area contributed by atoms with E-state index >= 15 is 0 Å². The Balaban J connectivity index is 1.71. The molecule has 1 fully saturated rings. The molecule has 3 aromatic rings. The van der Waals surface area contributed by atoms with Crippen LogP contribution < -0.4 is 4.74 Å². The van der Waals surface area contributed by atoms with E-state index in [0.717, 1.165) is 16.7 Å². The van der Waals surface area contributed by atoms with Gasteiger partial charge in [-0.3, -0.25) is 9.89 Å². The highest BCUT2D eigenvalue weighted by Crippen LogP contribution is 2.50. The van der Waals surface area contributed by atoms with E-state index in [-0.39, 0.29) is 37.6 Å². The van der Waals surface area contributed by atoms with Gasteiger partial charge in [0.2, 0.25) is 10.0 Å². The van der Waals surface area contributed by atoms with Crippen LogP contribution in [0, 0.1) is 0 Å². The fraction of sp³-hybridized carbons (Fsp3) is 0.412. The molecule has 2 heterocycles. The lowest BCUT2D eigenvalue weighted by Crippen LogP contribution is -2.55. The van der Waals surface area contributed by atoms with Gasteiger partial charge in [-0.05, 0) is 72.4 Å². The normalized spacial score (nSPS) is 21.2. The number of amides is 2. The molecular weight excluding hydrogens is 631 g/mol. The number of hydrogen-bond acceptors (Lipinski definition) is 5. The van der Waals surface area contributed by atoms with Gasteiger partial charge in [-0.15, -0.1) is 0 Å². The minimum absolute atomic E-state index is 0.125. The number of hydrogen-bond donors (Lipinski definition) is 0.